The zero-order chi connectivity index (χ0) is 20.5. The third-order valence-corrected chi connectivity index (χ3v) is 5.29. The molecule has 0 unspecified atom stereocenters. The van der Waals surface area contributed by atoms with Crippen LogP contribution in [0.3, 0.4) is 0 Å². The lowest BCUT2D eigenvalue weighted by Crippen LogP contribution is -2.36. The number of hydrogen-bond acceptors (Lipinski definition) is 6. The standard InChI is InChI=1S/C21H23FN2O4S/c22-16-1-7-19(8-2-16)29-14-9-21(26)28-15-20(25)23-17-3-5-18(6-4-17)24-10-12-27-13-11-24/h1-8H,9-15H2,(H,23,25). The smallest absolute Gasteiger partial charge is 0.307 e. The number of amides is 1. The van der Waals surface area contributed by atoms with Crippen molar-refractivity contribution in [3.63, 3.8) is 0 Å². The Hall–Kier alpha value is -2.58. The van der Waals surface area contributed by atoms with Crippen LogP contribution in [-0.4, -0.2) is 50.5 Å². The lowest BCUT2D eigenvalue weighted by Gasteiger charge is -2.28. The Balaban J connectivity index is 1.34. The van der Waals surface area contributed by atoms with Crippen molar-refractivity contribution < 1.29 is 23.5 Å². The second-order valence-electron chi connectivity index (χ2n) is 6.41. The number of esters is 1. The summed E-state index contributed by atoms with van der Waals surface area (Å²) >= 11 is 1.43. The summed E-state index contributed by atoms with van der Waals surface area (Å²) in [7, 11) is 0. The zero-order valence-electron chi connectivity index (χ0n) is 15.9. The lowest BCUT2D eigenvalue weighted by atomic mass is 10.2. The third kappa shape index (κ3) is 7.07. The number of benzene rings is 2. The van der Waals surface area contributed by atoms with E-state index in [4.69, 9.17) is 9.47 Å². The van der Waals surface area contributed by atoms with E-state index in [0.717, 1.165) is 23.7 Å². The van der Waals surface area contributed by atoms with E-state index in [9.17, 15) is 14.0 Å². The summed E-state index contributed by atoms with van der Waals surface area (Å²) in [4.78, 5) is 26.8. The molecule has 0 atom stereocenters. The van der Waals surface area contributed by atoms with Gasteiger partial charge in [-0.15, -0.1) is 11.8 Å². The number of carbonyl (C=O) groups is 2. The molecule has 2 aromatic carbocycles. The van der Waals surface area contributed by atoms with E-state index in [1.165, 1.54) is 23.9 Å². The van der Waals surface area contributed by atoms with E-state index >= 15 is 0 Å². The molecule has 0 bridgehead atoms. The summed E-state index contributed by atoms with van der Waals surface area (Å²) in [6, 6.07) is 13.6. The minimum atomic E-state index is -0.447. The zero-order valence-corrected chi connectivity index (χ0v) is 16.8. The number of rotatable bonds is 8. The van der Waals surface area contributed by atoms with E-state index in [1.807, 2.05) is 24.3 Å². The second-order valence-corrected chi connectivity index (χ2v) is 7.58. The van der Waals surface area contributed by atoms with Gasteiger partial charge in [0.15, 0.2) is 6.61 Å². The summed E-state index contributed by atoms with van der Waals surface area (Å²) in [6.45, 7) is 2.80. The van der Waals surface area contributed by atoms with Crippen LogP contribution in [0.1, 0.15) is 6.42 Å². The van der Waals surface area contributed by atoms with Crippen molar-refractivity contribution >= 4 is 35.0 Å². The van der Waals surface area contributed by atoms with E-state index in [-0.39, 0.29) is 24.8 Å². The quantitative estimate of drug-likeness (QED) is 0.524. The van der Waals surface area contributed by atoms with Crippen molar-refractivity contribution in [1.82, 2.24) is 0 Å². The Morgan fingerprint density at radius 3 is 2.45 bits per heavy atom. The number of ether oxygens (including phenoxy) is 2. The molecule has 6 nitrogen and oxygen atoms in total. The van der Waals surface area contributed by atoms with Crippen molar-refractivity contribution in [1.29, 1.82) is 0 Å². The SMILES string of the molecule is O=C(COC(=O)CCSc1ccc(F)cc1)Nc1ccc(N2CCOCC2)cc1. The Kier molecular flexibility index (Phi) is 7.89. The van der Waals surface area contributed by atoms with Gasteiger partial charge in [-0.3, -0.25) is 9.59 Å². The number of nitrogens with zero attached hydrogens (tertiary/aromatic N) is 1. The molecule has 8 heteroatoms. The van der Waals surface area contributed by atoms with E-state index in [2.05, 4.69) is 10.2 Å². The van der Waals surface area contributed by atoms with E-state index in [1.54, 1.807) is 12.1 Å². The minimum Gasteiger partial charge on any atom is -0.456 e. The Morgan fingerprint density at radius 1 is 1.07 bits per heavy atom. The molecule has 0 radical (unpaired) electrons. The first-order valence-electron chi connectivity index (χ1n) is 9.37. The van der Waals surface area contributed by atoms with Crippen LogP contribution in [0.4, 0.5) is 15.8 Å². The lowest BCUT2D eigenvalue weighted by molar-refractivity contribution is -0.146. The van der Waals surface area contributed by atoms with Gasteiger partial charge in [-0.25, -0.2) is 4.39 Å². The molecule has 0 saturated carbocycles. The van der Waals surface area contributed by atoms with Crippen LogP contribution >= 0.6 is 11.8 Å². The molecule has 1 fully saturated rings. The number of thioether (sulfide) groups is 1. The molecule has 2 aromatic rings. The van der Waals surface area contributed by atoms with Gasteiger partial charge in [0.25, 0.3) is 5.91 Å². The monoisotopic (exact) mass is 418 g/mol. The maximum absolute atomic E-state index is 12.8. The first kappa shape index (κ1) is 21.1. The third-order valence-electron chi connectivity index (χ3n) is 4.28. The number of hydrogen-bond donors (Lipinski definition) is 1. The molecule has 1 saturated heterocycles. The maximum atomic E-state index is 12.8. The molecule has 1 amide bonds. The Labute approximate surface area is 173 Å². The molecule has 3 rings (SSSR count). The van der Waals surface area contributed by atoms with Crippen LogP contribution in [0.25, 0.3) is 0 Å². The van der Waals surface area contributed by atoms with Crippen molar-refractivity contribution in [2.45, 2.75) is 11.3 Å². The molecule has 1 aliphatic rings. The summed E-state index contributed by atoms with van der Waals surface area (Å²) < 4.78 is 23.2. The molecule has 1 heterocycles. The largest absolute Gasteiger partial charge is 0.456 e. The van der Waals surface area contributed by atoms with Gasteiger partial charge in [0.1, 0.15) is 5.82 Å². The van der Waals surface area contributed by atoms with Crippen LogP contribution in [0.15, 0.2) is 53.4 Å². The molecule has 29 heavy (non-hydrogen) atoms. The Morgan fingerprint density at radius 2 is 1.76 bits per heavy atom. The van der Waals surface area contributed by atoms with Crippen molar-refractivity contribution in [3.8, 4) is 0 Å². The first-order chi connectivity index (χ1) is 14.1. The Bertz CT molecular complexity index is 808. The van der Waals surface area contributed by atoms with Crippen LogP contribution in [-0.2, 0) is 19.1 Å². The summed E-state index contributed by atoms with van der Waals surface area (Å²) in [5.74, 6) is -0.633. The van der Waals surface area contributed by atoms with Gasteiger partial charge in [-0.2, -0.15) is 0 Å². The van der Waals surface area contributed by atoms with Gasteiger partial charge in [-0.05, 0) is 48.5 Å². The van der Waals surface area contributed by atoms with Crippen LogP contribution < -0.4 is 10.2 Å². The van der Waals surface area contributed by atoms with E-state index in [0.29, 0.717) is 24.7 Å². The fraction of sp³-hybridized carbons (Fsp3) is 0.333. The van der Waals surface area contributed by atoms with Crippen molar-refractivity contribution in [3.05, 3.63) is 54.3 Å². The number of halogens is 1. The minimum absolute atomic E-state index is 0.170. The number of anilines is 2. The molecule has 0 aromatic heterocycles. The van der Waals surface area contributed by atoms with Gasteiger partial charge >= 0.3 is 5.97 Å². The predicted molar refractivity (Wildman–Crippen MR) is 111 cm³/mol. The molecule has 1 aliphatic heterocycles. The first-order valence-corrected chi connectivity index (χ1v) is 10.4. The fourth-order valence-electron chi connectivity index (χ4n) is 2.78. The van der Waals surface area contributed by atoms with E-state index < -0.39 is 5.97 Å². The van der Waals surface area contributed by atoms with Gasteiger partial charge in [0, 0.05) is 35.1 Å². The summed E-state index contributed by atoms with van der Waals surface area (Å²) in [5.41, 5.74) is 1.73. The number of nitrogens with one attached hydrogen (secondary N) is 1. The summed E-state index contributed by atoms with van der Waals surface area (Å²) in [6.07, 6.45) is 0.170. The van der Waals surface area contributed by atoms with Gasteiger partial charge in [0.05, 0.1) is 19.6 Å². The van der Waals surface area contributed by atoms with Crippen LogP contribution in [0.2, 0.25) is 0 Å². The molecule has 154 valence electrons. The van der Waals surface area contributed by atoms with Crippen LogP contribution in [0.5, 0.6) is 0 Å². The number of carbonyl (C=O) groups excluding carboxylic acids is 2. The van der Waals surface area contributed by atoms with Gasteiger partial charge in [-0.1, -0.05) is 0 Å². The second kappa shape index (κ2) is 10.8. The molecule has 0 spiro atoms. The maximum Gasteiger partial charge on any atom is 0.307 e. The average molecular weight is 418 g/mol. The molecule has 1 N–H and O–H groups in total. The topological polar surface area (TPSA) is 67.9 Å². The highest BCUT2D eigenvalue weighted by molar-refractivity contribution is 7.99. The highest BCUT2D eigenvalue weighted by atomic mass is 32.2. The predicted octanol–water partition coefficient (Wildman–Crippen LogP) is 3.33. The van der Waals surface area contributed by atoms with Crippen molar-refractivity contribution in [2.75, 3.05) is 48.9 Å². The van der Waals surface area contributed by atoms with Crippen LogP contribution in [0, 0.1) is 5.82 Å². The fourth-order valence-corrected chi connectivity index (χ4v) is 3.61. The van der Waals surface area contributed by atoms with Crippen molar-refractivity contribution in [2.24, 2.45) is 0 Å². The molecular weight excluding hydrogens is 395 g/mol. The summed E-state index contributed by atoms with van der Waals surface area (Å²) in [5, 5.41) is 2.71. The molecular formula is C21H23FN2O4S. The highest BCUT2D eigenvalue weighted by Crippen LogP contribution is 2.20. The van der Waals surface area contributed by atoms with Gasteiger partial charge in [0.2, 0.25) is 0 Å². The average Bonchev–Trinajstić information content (AvgIpc) is 2.75. The highest BCUT2D eigenvalue weighted by Gasteiger charge is 2.12. The normalized spacial score (nSPS) is 13.8. The van der Waals surface area contributed by atoms with Gasteiger partial charge < -0.3 is 19.7 Å². The number of morpholine rings is 1. The molecule has 0 aliphatic carbocycles.